The Bertz CT molecular complexity index is 636. The number of aromatic nitrogens is 3. The van der Waals surface area contributed by atoms with E-state index in [0.717, 1.165) is 22.6 Å². The zero-order valence-corrected chi connectivity index (χ0v) is 10.3. The summed E-state index contributed by atoms with van der Waals surface area (Å²) in [7, 11) is 0. The molecule has 0 radical (unpaired) electrons. The third-order valence-corrected chi connectivity index (χ3v) is 2.80. The Balaban J connectivity index is 1.82. The second-order valence-electron chi connectivity index (χ2n) is 4.09. The molecule has 4 heteroatoms. The maximum atomic E-state index is 5.87. The van der Waals surface area contributed by atoms with Crippen LogP contribution in [0.15, 0.2) is 61.3 Å². The number of ether oxygens (including phenoxy) is 1. The van der Waals surface area contributed by atoms with Crippen molar-refractivity contribution >= 4 is 0 Å². The predicted octanol–water partition coefficient (Wildman–Crippen LogP) is 3.05. The minimum Gasteiger partial charge on any atom is -0.488 e. The van der Waals surface area contributed by atoms with Gasteiger partial charge in [-0.3, -0.25) is 4.98 Å². The van der Waals surface area contributed by atoms with Gasteiger partial charge in [-0.2, -0.15) is 0 Å². The molecular formula is C15H13N3O. The lowest BCUT2D eigenvalue weighted by Crippen LogP contribution is -1.97. The van der Waals surface area contributed by atoms with Crippen molar-refractivity contribution in [2.45, 2.75) is 6.61 Å². The van der Waals surface area contributed by atoms with Crippen molar-refractivity contribution in [2.75, 3.05) is 0 Å². The van der Waals surface area contributed by atoms with Crippen molar-refractivity contribution in [2.24, 2.45) is 0 Å². The van der Waals surface area contributed by atoms with Crippen molar-refractivity contribution in [3.63, 3.8) is 0 Å². The van der Waals surface area contributed by atoms with Crippen LogP contribution >= 0.6 is 0 Å². The first-order chi connectivity index (χ1) is 9.43. The van der Waals surface area contributed by atoms with Crippen LogP contribution in [0.5, 0.6) is 5.75 Å². The van der Waals surface area contributed by atoms with Crippen LogP contribution in [0, 0.1) is 0 Å². The van der Waals surface area contributed by atoms with E-state index in [1.165, 1.54) is 0 Å². The van der Waals surface area contributed by atoms with E-state index in [4.69, 9.17) is 4.74 Å². The summed E-state index contributed by atoms with van der Waals surface area (Å²) in [6, 6.07) is 11.8. The number of para-hydroxylation sites is 1. The van der Waals surface area contributed by atoms with E-state index >= 15 is 0 Å². The van der Waals surface area contributed by atoms with Crippen molar-refractivity contribution in [3.05, 3.63) is 66.9 Å². The quantitative estimate of drug-likeness (QED) is 0.775. The van der Waals surface area contributed by atoms with Gasteiger partial charge in [0, 0.05) is 24.2 Å². The first-order valence-corrected chi connectivity index (χ1v) is 6.03. The fourth-order valence-electron chi connectivity index (χ4n) is 1.85. The minimum absolute atomic E-state index is 0.518. The standard InChI is InChI=1S/C15H13N3O/c1-2-4-15(13(3-1)14-9-17-11-18-14)19-10-12-5-7-16-8-6-12/h1-9,11H,10H2,(H,17,18). The molecule has 0 fully saturated rings. The summed E-state index contributed by atoms with van der Waals surface area (Å²) in [6.07, 6.45) is 7.04. The predicted molar refractivity (Wildman–Crippen MR) is 72.6 cm³/mol. The van der Waals surface area contributed by atoms with Crippen LogP contribution in [-0.4, -0.2) is 15.0 Å². The molecule has 2 aromatic heterocycles. The van der Waals surface area contributed by atoms with Crippen LogP contribution in [0.3, 0.4) is 0 Å². The zero-order valence-electron chi connectivity index (χ0n) is 10.3. The number of rotatable bonds is 4. The van der Waals surface area contributed by atoms with Gasteiger partial charge in [0.1, 0.15) is 12.4 Å². The first kappa shape index (κ1) is 11.5. The smallest absolute Gasteiger partial charge is 0.129 e. The average molecular weight is 251 g/mol. The van der Waals surface area contributed by atoms with E-state index in [1.807, 2.05) is 42.6 Å². The highest BCUT2D eigenvalue weighted by atomic mass is 16.5. The Hall–Kier alpha value is -2.62. The lowest BCUT2D eigenvalue weighted by molar-refractivity contribution is 0.307. The molecular weight excluding hydrogens is 238 g/mol. The van der Waals surface area contributed by atoms with Gasteiger partial charge in [0.2, 0.25) is 0 Å². The van der Waals surface area contributed by atoms with Crippen LogP contribution in [0.2, 0.25) is 0 Å². The van der Waals surface area contributed by atoms with Crippen molar-refractivity contribution < 1.29 is 4.74 Å². The zero-order chi connectivity index (χ0) is 12.9. The monoisotopic (exact) mass is 251 g/mol. The fourth-order valence-corrected chi connectivity index (χ4v) is 1.85. The average Bonchev–Trinajstić information content (AvgIpc) is 3.01. The molecule has 0 unspecified atom stereocenters. The number of hydrogen-bond donors (Lipinski definition) is 1. The van der Waals surface area contributed by atoms with E-state index in [-0.39, 0.29) is 0 Å². The summed E-state index contributed by atoms with van der Waals surface area (Å²) < 4.78 is 5.87. The SMILES string of the molecule is c1ccc(-c2c[nH]cn2)c(OCc2ccncc2)c1. The number of aromatic amines is 1. The van der Waals surface area contributed by atoms with Crippen molar-refractivity contribution in [1.82, 2.24) is 15.0 Å². The fraction of sp³-hybridized carbons (Fsp3) is 0.0667. The van der Waals surface area contributed by atoms with Gasteiger partial charge in [0.05, 0.1) is 12.0 Å². The Morgan fingerprint density at radius 1 is 1.05 bits per heavy atom. The number of H-pyrrole nitrogens is 1. The highest BCUT2D eigenvalue weighted by Crippen LogP contribution is 2.28. The molecule has 0 spiro atoms. The van der Waals surface area contributed by atoms with Gasteiger partial charge in [-0.1, -0.05) is 12.1 Å². The van der Waals surface area contributed by atoms with Gasteiger partial charge in [-0.15, -0.1) is 0 Å². The summed E-state index contributed by atoms with van der Waals surface area (Å²) in [5.41, 5.74) is 2.95. The highest BCUT2D eigenvalue weighted by Gasteiger charge is 2.07. The summed E-state index contributed by atoms with van der Waals surface area (Å²) in [5.74, 6) is 0.825. The number of nitrogens with one attached hydrogen (secondary N) is 1. The molecule has 3 aromatic rings. The second kappa shape index (κ2) is 5.35. The van der Waals surface area contributed by atoms with Gasteiger partial charge in [-0.25, -0.2) is 4.98 Å². The van der Waals surface area contributed by atoms with E-state index < -0.39 is 0 Å². The van der Waals surface area contributed by atoms with Crippen LogP contribution < -0.4 is 4.74 Å². The van der Waals surface area contributed by atoms with Gasteiger partial charge in [-0.05, 0) is 29.8 Å². The van der Waals surface area contributed by atoms with Gasteiger partial charge < -0.3 is 9.72 Å². The maximum Gasteiger partial charge on any atom is 0.129 e. The molecule has 0 aliphatic carbocycles. The second-order valence-corrected chi connectivity index (χ2v) is 4.09. The Morgan fingerprint density at radius 2 is 1.89 bits per heavy atom. The van der Waals surface area contributed by atoms with Gasteiger partial charge >= 0.3 is 0 Å². The Labute approximate surface area is 111 Å². The molecule has 19 heavy (non-hydrogen) atoms. The van der Waals surface area contributed by atoms with E-state index in [0.29, 0.717) is 6.61 Å². The molecule has 4 nitrogen and oxygen atoms in total. The largest absolute Gasteiger partial charge is 0.488 e. The van der Waals surface area contributed by atoms with Gasteiger partial charge in [0.25, 0.3) is 0 Å². The van der Waals surface area contributed by atoms with Gasteiger partial charge in [0.15, 0.2) is 0 Å². The molecule has 0 aliphatic heterocycles. The number of imidazole rings is 1. The molecule has 0 aliphatic rings. The topological polar surface area (TPSA) is 50.8 Å². The Morgan fingerprint density at radius 3 is 2.68 bits per heavy atom. The maximum absolute atomic E-state index is 5.87. The normalized spacial score (nSPS) is 10.3. The molecule has 0 bridgehead atoms. The number of benzene rings is 1. The molecule has 94 valence electrons. The molecule has 2 heterocycles. The molecule has 0 amide bonds. The molecule has 0 saturated carbocycles. The third kappa shape index (κ3) is 2.63. The lowest BCUT2D eigenvalue weighted by atomic mass is 10.1. The molecule has 1 N–H and O–H groups in total. The van der Waals surface area contributed by atoms with E-state index in [1.54, 1.807) is 18.7 Å². The van der Waals surface area contributed by atoms with Crippen molar-refractivity contribution in [1.29, 1.82) is 0 Å². The van der Waals surface area contributed by atoms with Crippen LogP contribution in [0.4, 0.5) is 0 Å². The molecule has 3 rings (SSSR count). The highest BCUT2D eigenvalue weighted by molar-refractivity contribution is 5.66. The summed E-state index contributed by atoms with van der Waals surface area (Å²) >= 11 is 0. The van der Waals surface area contributed by atoms with Crippen LogP contribution in [0.25, 0.3) is 11.3 Å². The summed E-state index contributed by atoms with van der Waals surface area (Å²) in [6.45, 7) is 0.518. The lowest BCUT2D eigenvalue weighted by Gasteiger charge is -2.09. The summed E-state index contributed by atoms with van der Waals surface area (Å²) in [4.78, 5) is 11.2. The minimum atomic E-state index is 0.518. The number of hydrogen-bond acceptors (Lipinski definition) is 3. The van der Waals surface area contributed by atoms with E-state index in [2.05, 4.69) is 15.0 Å². The molecule has 0 saturated heterocycles. The summed E-state index contributed by atoms with van der Waals surface area (Å²) in [5, 5.41) is 0. The number of pyridine rings is 1. The van der Waals surface area contributed by atoms with Crippen molar-refractivity contribution in [3.8, 4) is 17.0 Å². The Kier molecular flexibility index (Phi) is 3.23. The van der Waals surface area contributed by atoms with E-state index in [9.17, 15) is 0 Å². The van der Waals surface area contributed by atoms with Crippen LogP contribution in [0.1, 0.15) is 5.56 Å². The van der Waals surface area contributed by atoms with Crippen LogP contribution in [-0.2, 0) is 6.61 Å². The third-order valence-electron chi connectivity index (χ3n) is 2.80. The number of nitrogens with zero attached hydrogens (tertiary/aromatic N) is 2. The molecule has 0 atom stereocenters. The molecule has 1 aromatic carbocycles. The first-order valence-electron chi connectivity index (χ1n) is 6.03.